The molecule has 2 N–H and O–H groups in total. The van der Waals surface area contributed by atoms with Crippen molar-refractivity contribution >= 4 is 23.6 Å². The van der Waals surface area contributed by atoms with E-state index in [9.17, 15) is 4.79 Å². The van der Waals surface area contributed by atoms with Crippen LogP contribution in [0.4, 0.5) is 4.79 Å². The van der Waals surface area contributed by atoms with Crippen LogP contribution in [-0.2, 0) is 6.54 Å². The third-order valence-corrected chi connectivity index (χ3v) is 6.12. The minimum atomic E-state index is -0.314. The highest BCUT2D eigenvalue weighted by molar-refractivity contribution is 7.97. The van der Waals surface area contributed by atoms with Gasteiger partial charge in [0, 0.05) is 42.5 Å². The topological polar surface area (TPSA) is 84.3 Å². The quantitative estimate of drug-likeness (QED) is 0.401. The maximum atomic E-state index is 12.9. The molecule has 3 rings (SSSR count). The van der Waals surface area contributed by atoms with Crippen molar-refractivity contribution in [1.29, 1.82) is 0 Å². The van der Waals surface area contributed by atoms with Gasteiger partial charge in [-0.3, -0.25) is 9.40 Å². The Kier molecular flexibility index (Phi) is 8.73. The molecule has 0 atom stereocenters. The molecule has 33 heavy (non-hydrogen) atoms. The summed E-state index contributed by atoms with van der Waals surface area (Å²) in [6.45, 7) is 7.81. The van der Waals surface area contributed by atoms with Crippen molar-refractivity contribution < 1.29 is 9.53 Å². The van der Waals surface area contributed by atoms with Gasteiger partial charge in [-0.25, -0.2) is 9.78 Å². The summed E-state index contributed by atoms with van der Waals surface area (Å²) in [4.78, 5) is 19.2. The maximum absolute atomic E-state index is 12.9. The molecule has 9 heteroatoms. The van der Waals surface area contributed by atoms with E-state index in [0.29, 0.717) is 5.88 Å². The minimum Gasteiger partial charge on any atom is -0.481 e. The van der Waals surface area contributed by atoms with Gasteiger partial charge >= 0.3 is 6.03 Å². The van der Waals surface area contributed by atoms with Gasteiger partial charge in [-0.05, 0) is 63.6 Å². The number of hydrogen-bond donors (Lipinski definition) is 2. The van der Waals surface area contributed by atoms with Gasteiger partial charge in [-0.1, -0.05) is 18.2 Å². The lowest BCUT2D eigenvalue weighted by Gasteiger charge is -2.17. The zero-order chi connectivity index (χ0) is 23.8. The lowest BCUT2D eigenvalue weighted by molar-refractivity contribution is 0.249. The van der Waals surface area contributed by atoms with Gasteiger partial charge < -0.3 is 15.0 Å². The molecular formula is C24H32N6O2S. The number of methoxy groups -OCH3 is 1. The number of carbonyl (C=O) groups excluding carboxylic acids is 1. The van der Waals surface area contributed by atoms with E-state index in [2.05, 4.69) is 38.5 Å². The monoisotopic (exact) mass is 468 g/mol. The molecule has 0 bridgehead atoms. The van der Waals surface area contributed by atoms with Crippen LogP contribution < -0.4 is 14.8 Å². The number of aromatic nitrogens is 3. The summed E-state index contributed by atoms with van der Waals surface area (Å²) < 4.78 is 10.0. The maximum Gasteiger partial charge on any atom is 0.329 e. The first-order valence-corrected chi connectivity index (χ1v) is 11.7. The Morgan fingerprint density at radius 3 is 2.85 bits per heavy atom. The summed E-state index contributed by atoms with van der Waals surface area (Å²) in [7, 11) is 5.63. The van der Waals surface area contributed by atoms with Crippen molar-refractivity contribution in [3.8, 4) is 5.88 Å². The summed E-state index contributed by atoms with van der Waals surface area (Å²) >= 11 is 1.19. The molecule has 176 valence electrons. The number of ether oxygens (including phenoxy) is 1. The van der Waals surface area contributed by atoms with Crippen LogP contribution in [0, 0.1) is 0 Å². The molecule has 0 aliphatic heterocycles. The molecule has 2 aromatic heterocycles. The number of nitrogens with one attached hydrogen (secondary N) is 2. The summed E-state index contributed by atoms with van der Waals surface area (Å²) in [5, 5.41) is 8.29. The van der Waals surface area contributed by atoms with Crippen molar-refractivity contribution in [2.75, 3.05) is 27.7 Å². The largest absolute Gasteiger partial charge is 0.481 e. The van der Waals surface area contributed by atoms with E-state index in [0.717, 1.165) is 59.8 Å². The van der Waals surface area contributed by atoms with E-state index in [1.165, 1.54) is 17.5 Å². The fourth-order valence-electron chi connectivity index (χ4n) is 3.65. The third kappa shape index (κ3) is 6.72. The molecular weight excluding hydrogens is 436 g/mol. The molecule has 0 unspecified atom stereocenters. The van der Waals surface area contributed by atoms with Crippen LogP contribution in [0.5, 0.6) is 5.88 Å². The molecule has 1 aliphatic rings. The number of likely N-dealkylation sites (N-methyl/N-ethyl adjacent to an activating group) is 1. The molecule has 0 saturated heterocycles. The second-order valence-corrected chi connectivity index (χ2v) is 8.90. The number of carbonyl (C=O) groups is 1. The van der Waals surface area contributed by atoms with Crippen LogP contribution in [0.1, 0.15) is 31.7 Å². The van der Waals surface area contributed by atoms with Crippen LogP contribution in [-0.4, -0.2) is 53.4 Å². The summed E-state index contributed by atoms with van der Waals surface area (Å²) in [5.74, 6) is 0.508. The second-order valence-electron chi connectivity index (χ2n) is 8.07. The Bertz CT molecular complexity index is 1060. The van der Waals surface area contributed by atoms with Gasteiger partial charge in [0.05, 0.1) is 19.4 Å². The second kappa shape index (κ2) is 11.7. The van der Waals surface area contributed by atoms with Crippen LogP contribution >= 0.6 is 11.9 Å². The predicted octanol–water partition coefficient (Wildman–Crippen LogP) is 4.25. The van der Waals surface area contributed by atoms with Gasteiger partial charge in [0.2, 0.25) is 5.88 Å². The molecule has 0 aromatic carbocycles. The van der Waals surface area contributed by atoms with Crippen molar-refractivity contribution in [3.05, 3.63) is 65.7 Å². The Hall–Kier alpha value is -3.04. The average Bonchev–Trinajstić information content (AvgIpc) is 3.45. The summed E-state index contributed by atoms with van der Waals surface area (Å²) in [5.41, 5.74) is 4.90. The molecule has 1 aliphatic carbocycles. The van der Waals surface area contributed by atoms with Gasteiger partial charge in [-0.15, -0.1) is 0 Å². The first-order chi connectivity index (χ1) is 15.9. The Labute approximate surface area is 199 Å². The fraction of sp³-hybridized carbons (Fsp3) is 0.375. The number of pyridine rings is 1. The van der Waals surface area contributed by atoms with Gasteiger partial charge in [-0.2, -0.15) is 5.10 Å². The van der Waals surface area contributed by atoms with Gasteiger partial charge in [0.15, 0.2) is 0 Å². The first kappa shape index (κ1) is 24.6. The number of urea groups is 1. The van der Waals surface area contributed by atoms with Crippen molar-refractivity contribution in [2.45, 2.75) is 37.8 Å². The van der Waals surface area contributed by atoms with Gasteiger partial charge in [0.25, 0.3) is 0 Å². The highest BCUT2D eigenvalue weighted by atomic mass is 32.2. The molecule has 8 nitrogen and oxygen atoms in total. The van der Waals surface area contributed by atoms with Crippen molar-refractivity contribution in [2.24, 2.45) is 0 Å². The Balaban J connectivity index is 1.78. The normalized spacial score (nSPS) is 14.3. The molecule has 0 saturated carbocycles. The highest BCUT2D eigenvalue weighted by Crippen LogP contribution is 2.34. The van der Waals surface area contributed by atoms with Crippen molar-refractivity contribution in [1.82, 2.24) is 29.7 Å². The van der Waals surface area contributed by atoms with E-state index < -0.39 is 0 Å². The number of nitrogens with zero attached hydrogens (tertiary/aromatic N) is 4. The van der Waals surface area contributed by atoms with E-state index in [-0.39, 0.29) is 6.03 Å². The van der Waals surface area contributed by atoms with Crippen LogP contribution in [0.25, 0.3) is 5.57 Å². The Morgan fingerprint density at radius 1 is 1.36 bits per heavy atom. The molecule has 0 fully saturated rings. The first-order valence-electron chi connectivity index (χ1n) is 10.9. The lowest BCUT2D eigenvalue weighted by atomic mass is 9.98. The SMILES string of the molecule is C=C/C(=C(/NC(=O)NSc1ccn(CCN(C)C)n1)C1=C(C)CCC1)c1ccnc(OC)c1. The average molecular weight is 469 g/mol. The number of hydrogen-bond acceptors (Lipinski definition) is 6. The summed E-state index contributed by atoms with van der Waals surface area (Å²) in [6.07, 6.45) is 8.36. The number of rotatable bonds is 10. The number of allylic oxidation sites excluding steroid dienone is 4. The number of amides is 2. The van der Waals surface area contributed by atoms with E-state index in [1.54, 1.807) is 19.4 Å². The van der Waals surface area contributed by atoms with Gasteiger partial charge in [0.1, 0.15) is 5.03 Å². The molecule has 2 amide bonds. The van der Waals surface area contributed by atoms with E-state index in [4.69, 9.17) is 4.74 Å². The van der Waals surface area contributed by atoms with Crippen molar-refractivity contribution in [3.63, 3.8) is 0 Å². The zero-order valence-corrected chi connectivity index (χ0v) is 20.5. The fourth-order valence-corrected chi connectivity index (χ4v) is 4.18. The zero-order valence-electron chi connectivity index (χ0n) is 19.7. The standard InChI is InChI=1S/C24H32N6O2S/c1-6-19(18-10-12-25-21(16-18)32-5)23(20-9-7-8-17(20)2)26-24(31)28-33-22-11-13-30(27-22)15-14-29(3)4/h6,10-13,16H,1,7-9,14-15H2,2-5H3,(H2,26,28,31)/b23-19-. The molecule has 2 aromatic rings. The highest BCUT2D eigenvalue weighted by Gasteiger charge is 2.21. The van der Waals surface area contributed by atoms with E-state index >= 15 is 0 Å². The third-order valence-electron chi connectivity index (χ3n) is 5.40. The van der Waals surface area contributed by atoms with Crippen LogP contribution in [0.2, 0.25) is 0 Å². The predicted molar refractivity (Wildman–Crippen MR) is 133 cm³/mol. The molecule has 0 spiro atoms. The lowest BCUT2D eigenvalue weighted by Crippen LogP contribution is -2.32. The van der Waals surface area contributed by atoms with Crippen LogP contribution in [0.15, 0.2) is 65.1 Å². The minimum absolute atomic E-state index is 0.314. The summed E-state index contributed by atoms with van der Waals surface area (Å²) in [6, 6.07) is 5.31. The molecule has 2 heterocycles. The smallest absolute Gasteiger partial charge is 0.329 e. The van der Waals surface area contributed by atoms with Crippen LogP contribution in [0.3, 0.4) is 0 Å². The Morgan fingerprint density at radius 2 is 2.18 bits per heavy atom. The molecule has 0 radical (unpaired) electrons. The van der Waals surface area contributed by atoms with E-state index in [1.807, 2.05) is 43.2 Å².